The van der Waals surface area contributed by atoms with Crippen molar-refractivity contribution >= 4 is 0 Å². The van der Waals surface area contributed by atoms with E-state index in [0.717, 1.165) is 12.2 Å². The minimum Gasteiger partial charge on any atom is -0.343 e. The van der Waals surface area contributed by atoms with Gasteiger partial charge in [-0.15, -0.1) is 0 Å². The van der Waals surface area contributed by atoms with Crippen molar-refractivity contribution < 1.29 is 4.52 Å². The first kappa shape index (κ1) is 12.8. The fourth-order valence-electron chi connectivity index (χ4n) is 2.26. The van der Waals surface area contributed by atoms with Crippen LogP contribution in [0.3, 0.4) is 0 Å². The molecule has 0 fully saturated rings. The zero-order valence-electron chi connectivity index (χ0n) is 11.3. The van der Waals surface area contributed by atoms with Gasteiger partial charge in [-0.1, -0.05) is 5.16 Å². The van der Waals surface area contributed by atoms with Crippen molar-refractivity contribution in [3.8, 4) is 0 Å². The number of nitrogens with one attached hydrogen (secondary N) is 1. The quantitative estimate of drug-likeness (QED) is 0.874. The Kier molecular flexibility index (Phi) is 3.76. The van der Waals surface area contributed by atoms with Crippen molar-refractivity contribution in [1.29, 1.82) is 0 Å². The van der Waals surface area contributed by atoms with Gasteiger partial charge < -0.3 is 9.84 Å². The molecule has 0 spiro atoms. The van der Waals surface area contributed by atoms with E-state index in [0.29, 0.717) is 12.4 Å². The van der Waals surface area contributed by atoms with Crippen molar-refractivity contribution in [3.05, 3.63) is 29.2 Å². The third kappa shape index (κ3) is 2.43. The molecule has 0 saturated heterocycles. The van der Waals surface area contributed by atoms with Crippen LogP contribution in [0.25, 0.3) is 0 Å². The summed E-state index contributed by atoms with van der Waals surface area (Å²) >= 11 is 0. The van der Waals surface area contributed by atoms with E-state index in [-0.39, 0.29) is 6.04 Å². The van der Waals surface area contributed by atoms with Crippen LogP contribution < -0.4 is 5.32 Å². The maximum Gasteiger partial charge on any atom is 0.213 e. The molecule has 0 aliphatic heterocycles. The minimum absolute atomic E-state index is 0.212. The van der Waals surface area contributed by atoms with Gasteiger partial charge in [0.15, 0.2) is 5.82 Å². The lowest BCUT2D eigenvalue weighted by Gasteiger charge is -2.13. The largest absolute Gasteiger partial charge is 0.343 e. The second-order valence-electron chi connectivity index (χ2n) is 4.35. The van der Waals surface area contributed by atoms with Crippen molar-refractivity contribution in [3.63, 3.8) is 0 Å². The molecule has 2 heterocycles. The summed E-state index contributed by atoms with van der Waals surface area (Å²) < 4.78 is 6.73. The number of aryl methyl sites for hydroxylation is 2. The lowest BCUT2D eigenvalue weighted by atomic mass is 10.1. The molecule has 0 radical (unpaired) electrons. The molecule has 1 atom stereocenters. The lowest BCUT2D eigenvalue weighted by molar-refractivity contribution is 0.405. The molecule has 1 N–H and O–H groups in total. The fraction of sp³-hybridized carbons (Fsp3) is 0.583. The number of nitrogens with zero attached hydrogens (tertiary/aromatic N) is 4. The van der Waals surface area contributed by atoms with Crippen LogP contribution in [0.2, 0.25) is 0 Å². The highest BCUT2D eigenvalue weighted by Gasteiger charge is 2.16. The van der Waals surface area contributed by atoms with Gasteiger partial charge >= 0.3 is 0 Å². The summed E-state index contributed by atoms with van der Waals surface area (Å²) in [6.07, 6.45) is 1.34. The van der Waals surface area contributed by atoms with Gasteiger partial charge in [0.25, 0.3) is 0 Å². The van der Waals surface area contributed by atoms with Crippen molar-refractivity contribution in [2.45, 2.75) is 46.8 Å². The molecule has 6 nitrogen and oxygen atoms in total. The van der Waals surface area contributed by atoms with Crippen LogP contribution >= 0.6 is 0 Å². The summed E-state index contributed by atoms with van der Waals surface area (Å²) in [5.74, 6) is 0.667. The predicted molar refractivity (Wildman–Crippen MR) is 66.9 cm³/mol. The Hall–Kier alpha value is -1.69. The van der Waals surface area contributed by atoms with Crippen molar-refractivity contribution in [1.82, 2.24) is 25.2 Å². The predicted octanol–water partition coefficient (Wildman–Crippen LogP) is 1.75. The standard InChI is InChI=1S/C12H19N5O/c1-5-17-10(4)12(9(3)15-17)8(2)13-6-11-14-7-18-16-11/h7-8,13H,5-6H2,1-4H3. The van der Waals surface area contributed by atoms with Crippen molar-refractivity contribution in [2.24, 2.45) is 0 Å². The van der Waals surface area contributed by atoms with E-state index in [1.165, 1.54) is 17.7 Å². The van der Waals surface area contributed by atoms with E-state index < -0.39 is 0 Å². The molecule has 2 rings (SSSR count). The van der Waals surface area contributed by atoms with Gasteiger partial charge in [0, 0.05) is 23.8 Å². The van der Waals surface area contributed by atoms with E-state index in [2.05, 4.69) is 41.3 Å². The Balaban J connectivity index is 2.08. The van der Waals surface area contributed by atoms with E-state index in [1.807, 2.05) is 11.6 Å². The first-order valence-electron chi connectivity index (χ1n) is 6.16. The molecule has 6 heteroatoms. The van der Waals surface area contributed by atoms with Gasteiger partial charge in [-0.3, -0.25) is 4.68 Å². The van der Waals surface area contributed by atoms with E-state index in [4.69, 9.17) is 4.52 Å². The molecule has 0 aliphatic rings. The highest BCUT2D eigenvalue weighted by Crippen LogP contribution is 2.21. The lowest BCUT2D eigenvalue weighted by Crippen LogP contribution is -2.20. The molecule has 2 aromatic heterocycles. The third-order valence-electron chi connectivity index (χ3n) is 3.14. The highest BCUT2D eigenvalue weighted by atomic mass is 16.5. The number of hydrogen-bond acceptors (Lipinski definition) is 5. The van der Waals surface area contributed by atoms with E-state index in [9.17, 15) is 0 Å². The van der Waals surface area contributed by atoms with Crippen LogP contribution in [0.5, 0.6) is 0 Å². The van der Waals surface area contributed by atoms with E-state index >= 15 is 0 Å². The Morgan fingerprint density at radius 2 is 2.22 bits per heavy atom. The molecule has 0 amide bonds. The van der Waals surface area contributed by atoms with Gasteiger partial charge in [-0.05, 0) is 27.7 Å². The molecule has 0 bridgehead atoms. The van der Waals surface area contributed by atoms with Crippen LogP contribution in [-0.4, -0.2) is 19.9 Å². The Labute approximate surface area is 106 Å². The summed E-state index contributed by atoms with van der Waals surface area (Å²) in [6, 6.07) is 0.212. The number of hydrogen-bond donors (Lipinski definition) is 1. The Bertz CT molecular complexity index is 503. The smallest absolute Gasteiger partial charge is 0.213 e. The van der Waals surface area contributed by atoms with Crippen LogP contribution in [0.1, 0.15) is 42.7 Å². The fourth-order valence-corrected chi connectivity index (χ4v) is 2.26. The molecular weight excluding hydrogens is 230 g/mol. The first-order valence-corrected chi connectivity index (χ1v) is 6.16. The van der Waals surface area contributed by atoms with Gasteiger partial charge in [0.1, 0.15) is 0 Å². The number of aromatic nitrogens is 4. The maximum absolute atomic E-state index is 4.70. The molecular formula is C12H19N5O. The summed E-state index contributed by atoms with van der Waals surface area (Å²) in [5, 5.41) is 11.7. The summed E-state index contributed by atoms with van der Waals surface area (Å²) in [4.78, 5) is 3.99. The molecule has 0 aromatic carbocycles. The molecule has 2 aromatic rings. The molecule has 1 unspecified atom stereocenters. The van der Waals surface area contributed by atoms with Gasteiger partial charge in [0.2, 0.25) is 6.39 Å². The second-order valence-corrected chi connectivity index (χ2v) is 4.35. The van der Waals surface area contributed by atoms with Gasteiger partial charge in [-0.2, -0.15) is 10.1 Å². The Morgan fingerprint density at radius 1 is 1.44 bits per heavy atom. The summed E-state index contributed by atoms with van der Waals surface area (Å²) in [5.41, 5.74) is 3.53. The average Bonchev–Trinajstić information content (AvgIpc) is 2.94. The van der Waals surface area contributed by atoms with Gasteiger partial charge in [0.05, 0.1) is 12.2 Å². The highest BCUT2D eigenvalue weighted by molar-refractivity contribution is 5.27. The van der Waals surface area contributed by atoms with E-state index in [1.54, 1.807) is 0 Å². The maximum atomic E-state index is 4.70. The van der Waals surface area contributed by atoms with Crippen LogP contribution in [0.15, 0.2) is 10.9 Å². The zero-order valence-corrected chi connectivity index (χ0v) is 11.3. The summed E-state index contributed by atoms with van der Waals surface area (Å²) in [7, 11) is 0. The van der Waals surface area contributed by atoms with Crippen LogP contribution in [0, 0.1) is 13.8 Å². The molecule has 0 aliphatic carbocycles. The third-order valence-corrected chi connectivity index (χ3v) is 3.14. The second kappa shape index (κ2) is 5.30. The van der Waals surface area contributed by atoms with Crippen LogP contribution in [-0.2, 0) is 13.1 Å². The zero-order chi connectivity index (χ0) is 13.1. The monoisotopic (exact) mass is 249 g/mol. The normalized spacial score (nSPS) is 12.9. The topological polar surface area (TPSA) is 68.8 Å². The molecule has 98 valence electrons. The molecule has 0 saturated carbocycles. The van der Waals surface area contributed by atoms with Crippen molar-refractivity contribution in [2.75, 3.05) is 0 Å². The summed E-state index contributed by atoms with van der Waals surface area (Å²) in [6.45, 7) is 9.85. The first-order chi connectivity index (χ1) is 8.63. The molecule has 18 heavy (non-hydrogen) atoms. The minimum atomic E-state index is 0.212. The van der Waals surface area contributed by atoms with Crippen LogP contribution in [0.4, 0.5) is 0 Å². The SMILES string of the molecule is CCn1nc(C)c(C(C)NCc2ncon2)c1C. The average molecular weight is 249 g/mol. The Morgan fingerprint density at radius 3 is 2.78 bits per heavy atom. The van der Waals surface area contributed by atoms with Gasteiger partial charge in [-0.25, -0.2) is 0 Å². The number of rotatable bonds is 5.